The molecule has 4 aliphatic heterocycles. The van der Waals surface area contributed by atoms with E-state index < -0.39 is 0 Å². The lowest BCUT2D eigenvalue weighted by atomic mass is 9.80. The van der Waals surface area contributed by atoms with Gasteiger partial charge in [-0.3, -0.25) is 29.4 Å². The second-order valence-electron chi connectivity index (χ2n) is 20.0. The largest absolute Gasteiger partial charge is 0.376 e. The number of nitrogens with one attached hydrogen (secondary N) is 6. The van der Waals surface area contributed by atoms with Gasteiger partial charge in [-0.1, -0.05) is 98.5 Å². The quantitative estimate of drug-likeness (QED) is 0.0876. The molecule has 2 aromatic heterocycles. The zero-order valence-electron chi connectivity index (χ0n) is 39.4. The molecule has 12 rings (SSSR count). The fourth-order valence-electron chi connectivity index (χ4n) is 12.7. The minimum absolute atomic E-state index is 0.0145. The van der Waals surface area contributed by atoms with Crippen LogP contribution in [0.2, 0.25) is 0 Å². The number of amides is 4. The summed E-state index contributed by atoms with van der Waals surface area (Å²) in [6, 6.07) is 39.2. The van der Waals surface area contributed by atoms with Crippen molar-refractivity contribution in [1.29, 1.82) is 0 Å². The second-order valence-corrected chi connectivity index (χ2v) is 20.0. The first-order valence-corrected chi connectivity index (χ1v) is 25.4. The highest BCUT2D eigenvalue weighted by Crippen LogP contribution is 2.53. The molecule has 6 N–H and O–H groups in total. The van der Waals surface area contributed by atoms with Crippen LogP contribution in [-0.4, -0.2) is 79.0 Å². The number of aromatic nitrogens is 4. The molecule has 6 aliphatic rings. The van der Waals surface area contributed by atoms with Gasteiger partial charge in [-0.25, -0.2) is 0 Å². The van der Waals surface area contributed by atoms with E-state index in [1.54, 1.807) is 12.4 Å². The summed E-state index contributed by atoms with van der Waals surface area (Å²) in [7, 11) is 0. The number of hydrogen-bond acceptors (Lipinski definition) is 8. The van der Waals surface area contributed by atoms with E-state index in [0.717, 1.165) is 100 Å². The van der Waals surface area contributed by atoms with Gasteiger partial charge in [0.25, 0.3) is 11.8 Å². The van der Waals surface area contributed by atoms with Crippen LogP contribution in [0.25, 0.3) is 0 Å². The lowest BCUT2D eigenvalue weighted by Crippen LogP contribution is -2.50. The van der Waals surface area contributed by atoms with E-state index in [9.17, 15) is 19.2 Å². The summed E-state index contributed by atoms with van der Waals surface area (Å²) in [6.07, 6.45) is 12.8. The monoisotopic (exact) mass is 938 g/mol. The number of hydrogen-bond donors (Lipinski definition) is 6. The van der Waals surface area contributed by atoms with E-state index in [4.69, 9.17) is 0 Å². The van der Waals surface area contributed by atoms with Crippen molar-refractivity contribution in [3.8, 4) is 0 Å². The Bertz CT molecular complexity index is 2580. The third kappa shape index (κ3) is 8.84. The lowest BCUT2D eigenvalue weighted by molar-refractivity contribution is -0.139. The first kappa shape index (κ1) is 45.2. The first-order valence-electron chi connectivity index (χ1n) is 25.4. The fraction of sp³-hybridized carbons (Fsp3) is 0.393. The van der Waals surface area contributed by atoms with E-state index in [2.05, 4.69) is 87.9 Å². The SMILES string of the molecule is O=C(N[C@@H]1CCCC[C@@H]1C(=O)N1CC[C@@H]2[C@H](c3ccn[nH]3)Nc3ccccc3[C@@H]21)c1ccccc1.O=C(N[C@@H]1CCCC[C@@H]1C(=O)N1CC[C@H]2[C@@H](c3ccn[nH]3)Nc3ccccc3[C@H]21)c1ccccc1. The molecule has 0 spiro atoms. The predicted molar refractivity (Wildman–Crippen MR) is 267 cm³/mol. The van der Waals surface area contributed by atoms with Gasteiger partial charge >= 0.3 is 0 Å². The molecule has 70 heavy (non-hydrogen) atoms. The van der Waals surface area contributed by atoms with Gasteiger partial charge in [-0.05, 0) is 98.2 Å². The number of likely N-dealkylation sites (tertiary alicyclic amines) is 2. The number of fused-ring (bicyclic) bond motifs is 6. The highest BCUT2D eigenvalue weighted by molar-refractivity contribution is 5.95. The Balaban J connectivity index is 0.000000152. The molecule has 4 amide bonds. The van der Waals surface area contributed by atoms with Crippen LogP contribution in [-0.2, 0) is 9.59 Å². The van der Waals surface area contributed by atoms with Gasteiger partial charge < -0.3 is 31.1 Å². The first-order chi connectivity index (χ1) is 34.4. The number of H-pyrrole nitrogens is 2. The van der Waals surface area contributed by atoms with Crippen LogP contribution in [0.1, 0.15) is 132 Å². The maximum absolute atomic E-state index is 14.1. The maximum atomic E-state index is 14.1. The van der Waals surface area contributed by atoms with Crippen molar-refractivity contribution in [3.63, 3.8) is 0 Å². The van der Waals surface area contributed by atoms with Crippen molar-refractivity contribution < 1.29 is 19.2 Å². The Morgan fingerprint density at radius 3 is 1.29 bits per heavy atom. The molecule has 14 nitrogen and oxygen atoms in total. The number of para-hydroxylation sites is 2. The van der Waals surface area contributed by atoms with Crippen LogP contribution < -0.4 is 21.3 Å². The number of carbonyl (C=O) groups excluding carboxylic acids is 4. The van der Waals surface area contributed by atoms with E-state index in [1.165, 1.54) is 11.1 Å². The van der Waals surface area contributed by atoms with Crippen LogP contribution in [0.3, 0.4) is 0 Å². The van der Waals surface area contributed by atoms with E-state index in [-0.39, 0.29) is 83.6 Å². The Labute approximate surface area is 408 Å². The molecule has 14 heteroatoms. The summed E-state index contributed by atoms with van der Waals surface area (Å²) in [6.45, 7) is 1.45. The Hall–Kier alpha value is -7.22. The molecular formula is C56H62N10O4. The zero-order chi connectivity index (χ0) is 47.6. The number of aromatic amines is 2. The van der Waals surface area contributed by atoms with Crippen LogP contribution in [0, 0.1) is 23.7 Å². The Morgan fingerprint density at radius 2 is 0.871 bits per heavy atom. The van der Waals surface area contributed by atoms with Crippen molar-refractivity contribution >= 4 is 35.0 Å². The lowest BCUT2D eigenvalue weighted by Gasteiger charge is -2.41. The molecule has 0 radical (unpaired) electrons. The van der Waals surface area contributed by atoms with Crippen LogP contribution >= 0.6 is 0 Å². The minimum atomic E-state index is -0.192. The topological polar surface area (TPSA) is 180 Å². The Kier molecular flexibility index (Phi) is 12.9. The van der Waals surface area contributed by atoms with Gasteiger partial charge in [0.1, 0.15) is 0 Å². The van der Waals surface area contributed by atoms with Gasteiger partial charge in [0.2, 0.25) is 11.8 Å². The molecule has 0 bridgehead atoms. The summed E-state index contributed by atoms with van der Waals surface area (Å²) >= 11 is 0. The number of rotatable bonds is 8. The van der Waals surface area contributed by atoms with Crippen molar-refractivity contribution in [3.05, 3.63) is 167 Å². The molecule has 360 valence electrons. The highest BCUT2D eigenvalue weighted by atomic mass is 16.2. The van der Waals surface area contributed by atoms with Crippen LogP contribution in [0.4, 0.5) is 11.4 Å². The molecule has 10 atom stereocenters. The molecule has 4 fully saturated rings. The van der Waals surface area contributed by atoms with Crippen LogP contribution in [0.5, 0.6) is 0 Å². The van der Waals surface area contributed by atoms with E-state index in [0.29, 0.717) is 11.1 Å². The number of benzene rings is 4. The highest BCUT2D eigenvalue weighted by Gasteiger charge is 2.50. The molecule has 2 saturated carbocycles. The van der Waals surface area contributed by atoms with Crippen molar-refractivity contribution in [2.75, 3.05) is 23.7 Å². The third-order valence-corrected chi connectivity index (χ3v) is 16.1. The zero-order valence-corrected chi connectivity index (χ0v) is 39.4. The summed E-state index contributed by atoms with van der Waals surface area (Å²) in [4.78, 5) is 58.3. The van der Waals surface area contributed by atoms with Crippen LogP contribution in [0.15, 0.2) is 134 Å². The number of carbonyl (C=O) groups is 4. The summed E-state index contributed by atoms with van der Waals surface area (Å²) < 4.78 is 0. The van der Waals surface area contributed by atoms with Gasteiger partial charge in [-0.15, -0.1) is 0 Å². The number of nitrogens with zero attached hydrogens (tertiary/aromatic N) is 4. The third-order valence-electron chi connectivity index (χ3n) is 16.1. The summed E-state index contributed by atoms with van der Waals surface area (Å²) in [5.41, 5.74) is 7.89. The van der Waals surface area contributed by atoms with Gasteiger partial charge in [-0.2, -0.15) is 10.2 Å². The second kappa shape index (κ2) is 20.0. The molecular weight excluding hydrogens is 877 g/mol. The molecule has 4 aromatic carbocycles. The van der Waals surface area contributed by atoms with Gasteiger partial charge in [0.15, 0.2) is 0 Å². The molecule has 2 aliphatic carbocycles. The average Bonchev–Trinajstić information content (AvgIpc) is 4.28. The van der Waals surface area contributed by atoms with Gasteiger partial charge in [0.05, 0.1) is 47.4 Å². The van der Waals surface area contributed by atoms with Crippen molar-refractivity contribution in [2.24, 2.45) is 23.7 Å². The molecule has 2 saturated heterocycles. The minimum Gasteiger partial charge on any atom is -0.376 e. The molecule has 6 heterocycles. The molecule has 0 unspecified atom stereocenters. The smallest absolute Gasteiger partial charge is 0.251 e. The summed E-state index contributed by atoms with van der Waals surface area (Å²) in [5, 5.41) is 28.4. The van der Waals surface area contributed by atoms with Crippen molar-refractivity contribution in [1.82, 2.24) is 40.8 Å². The van der Waals surface area contributed by atoms with Crippen molar-refractivity contribution in [2.45, 2.75) is 100 Å². The van der Waals surface area contributed by atoms with E-state index in [1.807, 2.05) is 84.9 Å². The summed E-state index contributed by atoms with van der Waals surface area (Å²) in [5.74, 6) is 0.296. The molecule has 6 aromatic rings. The Morgan fingerprint density at radius 1 is 0.471 bits per heavy atom. The predicted octanol–water partition coefficient (Wildman–Crippen LogP) is 8.91. The number of anilines is 2. The standard InChI is InChI=1S/2C28H31N5O2/c2*34-27(18-8-2-1-3-9-18)31-23-13-7-5-11-20(23)28(35)33-17-15-21-25(24-14-16-29-32-24)30-22-12-6-4-10-19(22)26(21)33/h2*1-4,6,8-10,12,14,16,20-21,23,25-26,30H,5,7,11,13,15,17H2,(H,29,32)(H,31,34)/t20-,21+,23+,25+,26-;20-,21-,23+,25-,26+/m00/s1. The average molecular weight is 939 g/mol. The maximum Gasteiger partial charge on any atom is 0.251 e. The van der Waals surface area contributed by atoms with E-state index >= 15 is 0 Å². The fourth-order valence-corrected chi connectivity index (χ4v) is 12.7. The van der Waals surface area contributed by atoms with Gasteiger partial charge in [0, 0.05) is 71.9 Å². The normalized spacial score (nSPS) is 27.4.